The number of hydrogen-bond donors (Lipinski definition) is 1. The van der Waals surface area contributed by atoms with E-state index in [1.54, 1.807) is 7.05 Å². The zero-order chi connectivity index (χ0) is 12.8. The number of aryl methyl sites for hydroxylation is 2. The summed E-state index contributed by atoms with van der Waals surface area (Å²) in [7, 11) is 1.55. The summed E-state index contributed by atoms with van der Waals surface area (Å²) >= 11 is 0. The molecule has 0 aliphatic rings. The number of carbonyl (C=O) groups is 1. The van der Waals surface area contributed by atoms with Gasteiger partial charge < -0.3 is 4.74 Å². The van der Waals surface area contributed by atoms with Crippen molar-refractivity contribution in [2.75, 3.05) is 13.7 Å². The fourth-order valence-electron chi connectivity index (χ4n) is 1.39. The van der Waals surface area contributed by atoms with Crippen molar-refractivity contribution < 1.29 is 9.53 Å². The summed E-state index contributed by atoms with van der Waals surface area (Å²) < 4.78 is 5.56. The monoisotopic (exact) mass is 236 g/mol. The summed E-state index contributed by atoms with van der Waals surface area (Å²) in [6.07, 6.45) is 1.09. The molecule has 1 aromatic carbocycles. The number of hydrazine groups is 1. The van der Waals surface area contributed by atoms with E-state index in [2.05, 4.69) is 13.8 Å². The number of nitrogens with two attached hydrogens (primary N) is 1. The van der Waals surface area contributed by atoms with Crippen LogP contribution < -0.4 is 10.6 Å². The maximum atomic E-state index is 11.2. The molecular formula is C13H20N2O2. The van der Waals surface area contributed by atoms with Crippen LogP contribution in [0.2, 0.25) is 0 Å². The molecular weight excluding hydrogens is 216 g/mol. The third-order valence-corrected chi connectivity index (χ3v) is 2.68. The molecule has 0 spiro atoms. The summed E-state index contributed by atoms with van der Waals surface area (Å²) in [5.41, 5.74) is 2.46. The quantitative estimate of drug-likeness (QED) is 0.367. The number of benzene rings is 1. The fourth-order valence-corrected chi connectivity index (χ4v) is 1.39. The Labute approximate surface area is 102 Å². The van der Waals surface area contributed by atoms with Crippen molar-refractivity contribution in [2.24, 2.45) is 5.84 Å². The van der Waals surface area contributed by atoms with Crippen LogP contribution in [0.5, 0.6) is 5.75 Å². The van der Waals surface area contributed by atoms with Crippen LogP contribution in [0, 0.1) is 13.8 Å². The number of ether oxygens (including phenoxy) is 1. The Bertz CT molecular complexity index is 389. The molecule has 1 aromatic rings. The highest BCUT2D eigenvalue weighted by Gasteiger charge is 2.04. The maximum absolute atomic E-state index is 11.2. The first-order valence-corrected chi connectivity index (χ1v) is 5.72. The van der Waals surface area contributed by atoms with Gasteiger partial charge in [-0.05, 0) is 43.5 Å². The molecule has 0 unspecified atom stereocenters. The molecule has 0 aliphatic carbocycles. The van der Waals surface area contributed by atoms with Gasteiger partial charge in [0, 0.05) is 13.5 Å². The lowest BCUT2D eigenvalue weighted by atomic mass is 10.1. The van der Waals surface area contributed by atoms with Crippen molar-refractivity contribution in [3.63, 3.8) is 0 Å². The van der Waals surface area contributed by atoms with Crippen LogP contribution in [-0.2, 0) is 4.79 Å². The second kappa shape index (κ2) is 6.25. The van der Waals surface area contributed by atoms with Crippen LogP contribution in [0.1, 0.15) is 24.0 Å². The minimum Gasteiger partial charge on any atom is -0.494 e. The average molecular weight is 236 g/mol. The van der Waals surface area contributed by atoms with Gasteiger partial charge in [-0.3, -0.25) is 9.80 Å². The van der Waals surface area contributed by atoms with E-state index in [1.165, 1.54) is 11.1 Å². The Morgan fingerprint density at radius 2 is 2.06 bits per heavy atom. The normalized spacial score (nSPS) is 10.1. The van der Waals surface area contributed by atoms with Crippen molar-refractivity contribution >= 4 is 5.91 Å². The Morgan fingerprint density at radius 3 is 2.65 bits per heavy atom. The number of nitrogens with zero attached hydrogens (tertiary/aromatic N) is 1. The first-order chi connectivity index (χ1) is 8.00. The first kappa shape index (κ1) is 13.5. The molecule has 0 aromatic heterocycles. The lowest BCUT2D eigenvalue weighted by molar-refractivity contribution is -0.130. The third kappa shape index (κ3) is 4.44. The summed E-state index contributed by atoms with van der Waals surface area (Å²) in [6, 6.07) is 5.98. The van der Waals surface area contributed by atoms with E-state index in [9.17, 15) is 4.79 Å². The third-order valence-electron chi connectivity index (χ3n) is 2.68. The molecule has 0 saturated carbocycles. The van der Waals surface area contributed by atoms with Crippen LogP contribution in [0.3, 0.4) is 0 Å². The van der Waals surface area contributed by atoms with E-state index >= 15 is 0 Å². The molecule has 0 fully saturated rings. The van der Waals surface area contributed by atoms with Crippen LogP contribution in [-0.4, -0.2) is 24.6 Å². The van der Waals surface area contributed by atoms with Crippen LogP contribution >= 0.6 is 0 Å². The Kier molecular flexibility index (Phi) is 4.97. The smallest absolute Gasteiger partial charge is 0.236 e. The minimum atomic E-state index is -0.0753. The topological polar surface area (TPSA) is 55.6 Å². The Balaban J connectivity index is 2.31. The molecule has 0 radical (unpaired) electrons. The van der Waals surface area contributed by atoms with E-state index < -0.39 is 0 Å². The predicted octanol–water partition coefficient (Wildman–Crippen LogP) is 1.79. The molecule has 1 rings (SSSR count). The SMILES string of the molecule is Cc1ccc(OCCCC(=O)N(C)N)cc1C. The van der Waals surface area contributed by atoms with Crippen LogP contribution in [0.15, 0.2) is 18.2 Å². The van der Waals surface area contributed by atoms with Gasteiger partial charge in [0.2, 0.25) is 5.91 Å². The second-order valence-electron chi connectivity index (χ2n) is 4.20. The van der Waals surface area contributed by atoms with Gasteiger partial charge in [-0.2, -0.15) is 0 Å². The molecule has 4 heteroatoms. The molecule has 0 bridgehead atoms. The van der Waals surface area contributed by atoms with Gasteiger partial charge in [-0.1, -0.05) is 6.07 Å². The van der Waals surface area contributed by atoms with Gasteiger partial charge in [-0.15, -0.1) is 0 Å². The van der Waals surface area contributed by atoms with Gasteiger partial charge in [0.1, 0.15) is 5.75 Å². The van der Waals surface area contributed by atoms with Crippen molar-refractivity contribution in [3.05, 3.63) is 29.3 Å². The number of amides is 1. The van der Waals surface area contributed by atoms with E-state index in [-0.39, 0.29) is 5.91 Å². The van der Waals surface area contributed by atoms with E-state index in [1.807, 2.05) is 18.2 Å². The Hall–Kier alpha value is -1.55. The number of carbonyl (C=O) groups excluding carboxylic acids is 1. The Morgan fingerprint density at radius 1 is 1.35 bits per heavy atom. The lowest BCUT2D eigenvalue weighted by Gasteiger charge is -2.10. The molecule has 4 nitrogen and oxygen atoms in total. The van der Waals surface area contributed by atoms with Gasteiger partial charge in [0.25, 0.3) is 0 Å². The first-order valence-electron chi connectivity index (χ1n) is 5.72. The van der Waals surface area contributed by atoms with Crippen molar-refractivity contribution in [3.8, 4) is 5.75 Å². The average Bonchev–Trinajstić information content (AvgIpc) is 2.28. The van der Waals surface area contributed by atoms with E-state index in [4.69, 9.17) is 10.6 Å². The predicted molar refractivity (Wildman–Crippen MR) is 67.6 cm³/mol. The molecule has 0 heterocycles. The molecule has 0 atom stereocenters. The largest absolute Gasteiger partial charge is 0.494 e. The minimum absolute atomic E-state index is 0.0753. The maximum Gasteiger partial charge on any atom is 0.236 e. The van der Waals surface area contributed by atoms with Gasteiger partial charge in [0.05, 0.1) is 6.61 Å². The number of rotatable bonds is 5. The van der Waals surface area contributed by atoms with Crippen molar-refractivity contribution in [1.29, 1.82) is 0 Å². The highest BCUT2D eigenvalue weighted by Crippen LogP contribution is 2.16. The van der Waals surface area contributed by atoms with E-state index in [0.29, 0.717) is 19.4 Å². The molecule has 1 amide bonds. The summed E-state index contributed by atoms with van der Waals surface area (Å²) in [4.78, 5) is 11.2. The summed E-state index contributed by atoms with van der Waals surface area (Å²) in [6.45, 7) is 4.64. The van der Waals surface area contributed by atoms with Crippen LogP contribution in [0.4, 0.5) is 0 Å². The van der Waals surface area contributed by atoms with E-state index in [0.717, 1.165) is 10.8 Å². The molecule has 94 valence electrons. The van der Waals surface area contributed by atoms with Gasteiger partial charge in [-0.25, -0.2) is 5.84 Å². The zero-order valence-electron chi connectivity index (χ0n) is 10.7. The highest BCUT2D eigenvalue weighted by atomic mass is 16.5. The lowest BCUT2D eigenvalue weighted by Crippen LogP contribution is -2.33. The summed E-state index contributed by atoms with van der Waals surface area (Å²) in [5, 5.41) is 1.11. The molecule has 2 N–H and O–H groups in total. The fraction of sp³-hybridized carbons (Fsp3) is 0.462. The molecule has 0 saturated heterocycles. The number of hydrogen-bond acceptors (Lipinski definition) is 3. The molecule has 17 heavy (non-hydrogen) atoms. The van der Waals surface area contributed by atoms with Crippen LogP contribution in [0.25, 0.3) is 0 Å². The van der Waals surface area contributed by atoms with Crippen molar-refractivity contribution in [2.45, 2.75) is 26.7 Å². The standard InChI is InChI=1S/C13H20N2O2/c1-10-6-7-12(9-11(10)2)17-8-4-5-13(16)15(3)14/h6-7,9H,4-5,8,14H2,1-3H3. The van der Waals surface area contributed by atoms with Gasteiger partial charge in [0.15, 0.2) is 0 Å². The highest BCUT2D eigenvalue weighted by molar-refractivity contribution is 5.75. The second-order valence-corrected chi connectivity index (χ2v) is 4.20. The summed E-state index contributed by atoms with van der Waals surface area (Å²) in [5.74, 6) is 6.08. The van der Waals surface area contributed by atoms with Crippen molar-refractivity contribution in [1.82, 2.24) is 5.01 Å². The van der Waals surface area contributed by atoms with Gasteiger partial charge >= 0.3 is 0 Å². The molecule has 0 aliphatic heterocycles. The zero-order valence-corrected chi connectivity index (χ0v) is 10.7.